The second kappa shape index (κ2) is 3.72. The molecule has 5 radical (unpaired) electrons. The molecule has 0 amide bonds. The molecule has 1 aliphatic rings. The minimum Gasteiger partial charge on any atom is -0.481 e. The number of hydrogen-bond donors (Lipinski definition) is 1. The molecular weight excluding hydrogens is 144 g/mol. The first-order valence-electron chi connectivity index (χ1n) is 3.22. The molecule has 59 valence electrons. The van der Waals surface area contributed by atoms with E-state index in [9.17, 15) is 4.79 Å². The fourth-order valence-electron chi connectivity index (χ4n) is 0.947. The molecule has 0 aliphatic heterocycles. The Kier molecular flexibility index (Phi) is 2.88. The van der Waals surface area contributed by atoms with Crippen LogP contribution in [-0.4, -0.2) is 24.8 Å². The number of hydrogen-bond acceptors (Lipinski definition) is 2. The smallest absolute Gasteiger partial charge is 0.311 e. The number of aliphatic carboxylic acids is 1. The lowest BCUT2D eigenvalue weighted by molar-refractivity contribution is -0.134. The lowest BCUT2D eigenvalue weighted by atomic mass is 9.97. The molecule has 0 heterocycles. The van der Waals surface area contributed by atoms with E-state index in [0.29, 0.717) is 12.5 Å². The fraction of sp³-hybridized carbons (Fsp3) is 0.250. The maximum absolute atomic E-state index is 10.5. The summed E-state index contributed by atoms with van der Waals surface area (Å²) >= 11 is 0. The molecule has 0 unspecified atom stereocenters. The van der Waals surface area contributed by atoms with Gasteiger partial charge in [-0.05, 0) is 19.3 Å². The molecule has 11 heavy (non-hydrogen) atoms. The van der Waals surface area contributed by atoms with Crippen LogP contribution in [0.15, 0.2) is 0 Å². The maximum Gasteiger partial charge on any atom is 0.311 e. The lowest BCUT2D eigenvalue weighted by Crippen LogP contribution is -2.18. The topological polar surface area (TPSA) is 46.5 Å². The summed E-state index contributed by atoms with van der Waals surface area (Å²) in [5.74, 6) is 0.147. The van der Waals surface area contributed by atoms with Crippen LogP contribution in [-0.2, 0) is 9.53 Å². The lowest BCUT2D eigenvalue weighted by Gasteiger charge is -2.11. The number of carboxylic acid groups (broad SMARTS) is 1. The van der Waals surface area contributed by atoms with Gasteiger partial charge in [-0.25, -0.2) is 0 Å². The second-order valence-electron chi connectivity index (χ2n) is 2.20. The number of rotatable bonds is 3. The van der Waals surface area contributed by atoms with Gasteiger partial charge in [0.05, 0.1) is 12.5 Å². The van der Waals surface area contributed by atoms with E-state index < -0.39 is 5.97 Å². The number of carboxylic acids is 1. The predicted molar refractivity (Wildman–Crippen MR) is 38.9 cm³/mol. The second-order valence-corrected chi connectivity index (χ2v) is 2.20. The normalized spacial score (nSPS) is 20.8. The molecule has 0 bridgehead atoms. The molecule has 1 N–H and O–H groups in total. The third kappa shape index (κ3) is 1.93. The zero-order valence-corrected chi connectivity index (χ0v) is 6.20. The molecule has 3 nitrogen and oxygen atoms in total. The number of carbonyl (C=O) groups is 1. The van der Waals surface area contributed by atoms with Gasteiger partial charge in [0.1, 0.15) is 0 Å². The molecule has 1 aliphatic carbocycles. The summed E-state index contributed by atoms with van der Waals surface area (Å²) in [5.41, 5.74) is 0. The third-order valence-electron chi connectivity index (χ3n) is 1.44. The van der Waals surface area contributed by atoms with Crippen molar-refractivity contribution in [1.29, 1.82) is 0 Å². The zero-order chi connectivity index (χ0) is 8.27. The van der Waals surface area contributed by atoms with Gasteiger partial charge in [0.2, 0.25) is 0 Å². The van der Waals surface area contributed by atoms with Crippen LogP contribution in [0.3, 0.4) is 0 Å². The Bertz CT molecular complexity index is 144. The highest BCUT2D eigenvalue weighted by Gasteiger charge is 2.34. The predicted octanol–water partition coefficient (Wildman–Crippen LogP) is 0.493. The first kappa shape index (κ1) is 8.53. The highest BCUT2D eigenvalue weighted by atomic mass is 16.5. The molecule has 0 aromatic rings. The van der Waals surface area contributed by atoms with Crippen LogP contribution in [0.4, 0.5) is 0 Å². The Labute approximate surface area is 66.4 Å². The summed E-state index contributed by atoms with van der Waals surface area (Å²) in [6.07, 6.45) is 5.02. The Hall–Kier alpha value is -0.570. The van der Waals surface area contributed by atoms with Crippen molar-refractivity contribution in [3.8, 4) is 0 Å². The SMILES string of the molecule is COC[C]1[CH][CH][CH][C]1C(=O)O. The van der Waals surface area contributed by atoms with Crippen LogP contribution in [0.25, 0.3) is 0 Å². The molecule has 0 spiro atoms. The van der Waals surface area contributed by atoms with Crippen LogP contribution in [0, 0.1) is 31.1 Å². The summed E-state index contributed by atoms with van der Waals surface area (Å²) in [5, 5.41) is 8.63. The quantitative estimate of drug-likeness (QED) is 0.642. The van der Waals surface area contributed by atoms with Gasteiger partial charge in [0.25, 0.3) is 0 Å². The van der Waals surface area contributed by atoms with Crippen LogP contribution >= 0.6 is 0 Å². The molecule has 0 atom stereocenters. The molecule has 1 fully saturated rings. The van der Waals surface area contributed by atoms with Gasteiger partial charge in [-0.2, -0.15) is 0 Å². The third-order valence-corrected chi connectivity index (χ3v) is 1.44. The molecular formula is C8H9O3. The van der Waals surface area contributed by atoms with Crippen molar-refractivity contribution in [1.82, 2.24) is 0 Å². The van der Waals surface area contributed by atoms with Crippen molar-refractivity contribution < 1.29 is 14.6 Å². The Morgan fingerprint density at radius 1 is 1.64 bits per heavy atom. The van der Waals surface area contributed by atoms with E-state index in [-0.39, 0.29) is 0 Å². The number of ether oxygens (including phenoxy) is 1. The van der Waals surface area contributed by atoms with Crippen LogP contribution in [0.2, 0.25) is 0 Å². The Morgan fingerprint density at radius 3 is 2.91 bits per heavy atom. The highest BCUT2D eigenvalue weighted by Crippen LogP contribution is 2.33. The van der Waals surface area contributed by atoms with E-state index in [1.807, 2.05) is 0 Å². The van der Waals surface area contributed by atoms with Gasteiger partial charge in [-0.15, -0.1) is 0 Å². The highest BCUT2D eigenvalue weighted by molar-refractivity contribution is 5.91. The van der Waals surface area contributed by atoms with Gasteiger partial charge in [-0.3, -0.25) is 4.79 Å². The van der Waals surface area contributed by atoms with Crippen molar-refractivity contribution in [3.63, 3.8) is 0 Å². The van der Waals surface area contributed by atoms with Crippen LogP contribution < -0.4 is 0 Å². The largest absolute Gasteiger partial charge is 0.481 e. The van der Waals surface area contributed by atoms with E-state index in [0.717, 1.165) is 5.92 Å². The first-order valence-corrected chi connectivity index (χ1v) is 3.22. The summed E-state index contributed by atoms with van der Waals surface area (Å²) in [4.78, 5) is 10.5. The van der Waals surface area contributed by atoms with Gasteiger partial charge in [-0.1, -0.05) is 0 Å². The van der Waals surface area contributed by atoms with Gasteiger partial charge in [0.15, 0.2) is 0 Å². The van der Waals surface area contributed by atoms with E-state index in [1.165, 1.54) is 0 Å². The molecule has 0 saturated heterocycles. The van der Waals surface area contributed by atoms with Crippen molar-refractivity contribution in [2.24, 2.45) is 0 Å². The Morgan fingerprint density at radius 2 is 2.36 bits per heavy atom. The average Bonchev–Trinajstić information content (AvgIpc) is 2.36. The van der Waals surface area contributed by atoms with Gasteiger partial charge in [0, 0.05) is 13.0 Å². The summed E-state index contributed by atoms with van der Waals surface area (Å²) in [7, 11) is 1.54. The van der Waals surface area contributed by atoms with Crippen molar-refractivity contribution in [2.45, 2.75) is 0 Å². The van der Waals surface area contributed by atoms with E-state index >= 15 is 0 Å². The van der Waals surface area contributed by atoms with Gasteiger partial charge >= 0.3 is 5.97 Å². The fourth-order valence-corrected chi connectivity index (χ4v) is 0.947. The van der Waals surface area contributed by atoms with E-state index in [4.69, 9.17) is 9.84 Å². The number of methoxy groups -OCH3 is 1. The van der Waals surface area contributed by atoms with Crippen molar-refractivity contribution >= 4 is 5.97 Å². The van der Waals surface area contributed by atoms with E-state index in [1.54, 1.807) is 26.4 Å². The minimum absolute atomic E-state index is 0.326. The summed E-state index contributed by atoms with van der Waals surface area (Å²) in [6.45, 7) is 0.356. The molecule has 1 saturated carbocycles. The van der Waals surface area contributed by atoms with Crippen molar-refractivity contribution in [2.75, 3.05) is 13.7 Å². The maximum atomic E-state index is 10.5. The van der Waals surface area contributed by atoms with E-state index in [2.05, 4.69) is 0 Å². The van der Waals surface area contributed by atoms with Crippen LogP contribution in [0.5, 0.6) is 0 Å². The van der Waals surface area contributed by atoms with Gasteiger partial charge < -0.3 is 9.84 Å². The molecule has 1 rings (SSSR count). The molecule has 0 aromatic carbocycles. The zero-order valence-electron chi connectivity index (χ0n) is 6.20. The standard InChI is InChI=1S/C8H9O3/c1-11-5-6-3-2-4-7(6)8(9)10/h2-4H,5H2,1H3,(H,9,10). The Balaban J connectivity index is 2.44. The summed E-state index contributed by atoms with van der Waals surface area (Å²) < 4.78 is 4.81. The molecule has 0 aromatic heterocycles. The van der Waals surface area contributed by atoms with Crippen molar-refractivity contribution in [3.05, 3.63) is 31.1 Å². The van der Waals surface area contributed by atoms with Crippen LogP contribution in [0.1, 0.15) is 0 Å². The average molecular weight is 153 g/mol. The first-order chi connectivity index (χ1) is 5.25. The monoisotopic (exact) mass is 153 g/mol. The molecule has 3 heteroatoms. The minimum atomic E-state index is -0.901. The summed E-state index contributed by atoms with van der Waals surface area (Å²) in [6, 6.07) is 0.